The van der Waals surface area contributed by atoms with Crippen LogP contribution in [0.2, 0.25) is 0 Å². The molecule has 1 N–H and O–H groups in total. The largest absolute Gasteiger partial charge is 0.497 e. The first kappa shape index (κ1) is 17.0. The molecule has 0 unspecified atom stereocenters. The van der Waals surface area contributed by atoms with Gasteiger partial charge in [-0.3, -0.25) is 4.79 Å². The maximum absolute atomic E-state index is 11.7. The Balaban J connectivity index is 1.76. The number of carbonyl (C=O) groups is 1. The number of amides is 1. The molecule has 0 atom stereocenters. The Hall–Kier alpha value is -2.41. The van der Waals surface area contributed by atoms with E-state index in [0.717, 1.165) is 16.5 Å². The number of nitrogens with one attached hydrogen (secondary N) is 1. The molecule has 0 bridgehead atoms. The Morgan fingerprint density at radius 1 is 1.30 bits per heavy atom. The summed E-state index contributed by atoms with van der Waals surface area (Å²) in [5.41, 5.74) is 2.47. The first-order chi connectivity index (χ1) is 11.1. The lowest BCUT2D eigenvalue weighted by atomic mass is 10.3. The van der Waals surface area contributed by atoms with Crippen molar-refractivity contribution in [2.24, 2.45) is 5.10 Å². The summed E-state index contributed by atoms with van der Waals surface area (Å²) in [5.74, 6) is 2.20. The predicted molar refractivity (Wildman–Crippen MR) is 92.5 cm³/mol. The Morgan fingerprint density at radius 2 is 2.04 bits per heavy atom. The summed E-state index contributed by atoms with van der Waals surface area (Å²) in [7, 11) is 5.39. The van der Waals surface area contributed by atoms with Crippen LogP contribution in [-0.2, 0) is 4.79 Å². The Bertz CT molecular complexity index is 665. The van der Waals surface area contributed by atoms with Crippen LogP contribution in [0.3, 0.4) is 0 Å². The number of hydrogen-bond acceptors (Lipinski definition) is 6. The number of benzene rings is 1. The average Bonchev–Trinajstić information content (AvgIpc) is 3.02. The van der Waals surface area contributed by atoms with E-state index in [2.05, 4.69) is 10.5 Å². The summed E-state index contributed by atoms with van der Waals surface area (Å²) in [6.07, 6.45) is 1.48. The third-order valence-corrected chi connectivity index (χ3v) is 3.88. The van der Waals surface area contributed by atoms with Crippen molar-refractivity contribution >= 4 is 29.8 Å². The molecule has 7 heteroatoms. The fourth-order valence-corrected chi connectivity index (χ4v) is 2.36. The molecular formula is C16H19N3O3S. The van der Waals surface area contributed by atoms with Crippen LogP contribution in [0, 0.1) is 0 Å². The zero-order valence-corrected chi connectivity index (χ0v) is 14.1. The minimum Gasteiger partial charge on any atom is -0.497 e. The first-order valence-electron chi connectivity index (χ1n) is 6.94. The molecule has 0 saturated heterocycles. The summed E-state index contributed by atoms with van der Waals surface area (Å²) < 4.78 is 10.6. The van der Waals surface area contributed by atoms with Gasteiger partial charge in [-0.25, -0.2) is 5.43 Å². The number of thioether (sulfide) groups is 1. The molecule has 2 rings (SSSR count). The van der Waals surface area contributed by atoms with E-state index in [1.807, 2.05) is 49.3 Å². The van der Waals surface area contributed by atoms with Crippen molar-refractivity contribution in [2.75, 3.05) is 31.9 Å². The molecule has 0 fully saturated rings. The van der Waals surface area contributed by atoms with Crippen molar-refractivity contribution in [3.05, 3.63) is 42.2 Å². The molecule has 1 aromatic carbocycles. The highest BCUT2D eigenvalue weighted by Crippen LogP contribution is 2.20. The lowest BCUT2D eigenvalue weighted by molar-refractivity contribution is -0.118. The van der Waals surface area contributed by atoms with Gasteiger partial charge in [-0.2, -0.15) is 5.10 Å². The number of ether oxygens (including phenoxy) is 1. The van der Waals surface area contributed by atoms with Crippen LogP contribution in [0.5, 0.6) is 5.75 Å². The molecule has 1 aromatic heterocycles. The number of anilines is 1. The van der Waals surface area contributed by atoms with Crippen molar-refractivity contribution in [3.63, 3.8) is 0 Å². The second-order valence-electron chi connectivity index (χ2n) is 4.83. The maximum Gasteiger partial charge on any atom is 0.250 e. The van der Waals surface area contributed by atoms with Gasteiger partial charge in [0.25, 0.3) is 0 Å². The highest BCUT2D eigenvalue weighted by Gasteiger charge is 2.03. The maximum atomic E-state index is 11.7. The Kier molecular flexibility index (Phi) is 6.10. The molecule has 122 valence electrons. The number of rotatable bonds is 7. The number of hydrazone groups is 1. The van der Waals surface area contributed by atoms with Crippen molar-refractivity contribution in [1.29, 1.82) is 0 Å². The van der Waals surface area contributed by atoms with E-state index in [9.17, 15) is 4.79 Å². The van der Waals surface area contributed by atoms with Gasteiger partial charge in [-0.1, -0.05) is 0 Å². The molecule has 2 aromatic rings. The van der Waals surface area contributed by atoms with Gasteiger partial charge >= 0.3 is 0 Å². The number of carbonyl (C=O) groups excluding carboxylic acids is 1. The quantitative estimate of drug-likeness (QED) is 0.479. The summed E-state index contributed by atoms with van der Waals surface area (Å²) in [5, 5.41) is 3.88. The molecule has 6 nitrogen and oxygen atoms in total. The molecule has 23 heavy (non-hydrogen) atoms. The van der Waals surface area contributed by atoms with Crippen molar-refractivity contribution < 1.29 is 13.9 Å². The lowest BCUT2D eigenvalue weighted by Gasteiger charge is -2.05. The van der Waals surface area contributed by atoms with Crippen molar-refractivity contribution in [3.8, 4) is 5.75 Å². The smallest absolute Gasteiger partial charge is 0.250 e. The van der Waals surface area contributed by atoms with Gasteiger partial charge in [0.1, 0.15) is 11.5 Å². The van der Waals surface area contributed by atoms with E-state index in [-0.39, 0.29) is 11.7 Å². The third-order valence-electron chi connectivity index (χ3n) is 2.86. The Morgan fingerprint density at radius 3 is 2.65 bits per heavy atom. The molecule has 1 amide bonds. The molecule has 0 saturated carbocycles. The van der Waals surface area contributed by atoms with E-state index in [1.54, 1.807) is 13.2 Å². The molecule has 0 aliphatic heterocycles. The van der Waals surface area contributed by atoms with Gasteiger partial charge in [0.05, 0.1) is 19.1 Å². The van der Waals surface area contributed by atoms with Crippen LogP contribution in [0.25, 0.3) is 0 Å². The highest BCUT2D eigenvalue weighted by atomic mass is 32.2. The van der Waals surface area contributed by atoms with Crippen LogP contribution in [-0.4, -0.2) is 39.1 Å². The lowest BCUT2D eigenvalue weighted by Crippen LogP contribution is -2.19. The van der Waals surface area contributed by atoms with E-state index in [1.165, 1.54) is 18.0 Å². The summed E-state index contributed by atoms with van der Waals surface area (Å²) >= 11 is 1.43. The fourth-order valence-electron chi connectivity index (χ4n) is 1.67. The summed E-state index contributed by atoms with van der Waals surface area (Å²) in [6.45, 7) is 0. The fraction of sp³-hybridized carbons (Fsp3) is 0.250. The van der Waals surface area contributed by atoms with E-state index in [0.29, 0.717) is 5.76 Å². The predicted octanol–water partition coefficient (Wildman–Crippen LogP) is 2.60. The second-order valence-corrected chi connectivity index (χ2v) is 5.88. The van der Waals surface area contributed by atoms with E-state index >= 15 is 0 Å². The van der Waals surface area contributed by atoms with Crippen molar-refractivity contribution in [2.45, 2.75) is 4.90 Å². The first-order valence-corrected chi connectivity index (χ1v) is 7.93. The molecule has 0 aliphatic carbocycles. The molecule has 0 spiro atoms. The van der Waals surface area contributed by atoms with E-state index in [4.69, 9.17) is 9.15 Å². The van der Waals surface area contributed by atoms with Crippen LogP contribution < -0.4 is 15.1 Å². The third kappa shape index (κ3) is 5.37. The zero-order valence-electron chi connectivity index (χ0n) is 13.3. The van der Waals surface area contributed by atoms with Gasteiger partial charge in [-0.15, -0.1) is 11.8 Å². The van der Waals surface area contributed by atoms with Crippen LogP contribution in [0.4, 0.5) is 5.88 Å². The number of furan rings is 1. The molecule has 0 radical (unpaired) electrons. The van der Waals surface area contributed by atoms with Crippen LogP contribution >= 0.6 is 11.8 Å². The topological polar surface area (TPSA) is 67.1 Å². The van der Waals surface area contributed by atoms with Gasteiger partial charge < -0.3 is 14.1 Å². The summed E-state index contributed by atoms with van der Waals surface area (Å²) in [6, 6.07) is 11.2. The van der Waals surface area contributed by atoms with E-state index < -0.39 is 0 Å². The number of nitrogens with zero attached hydrogens (tertiary/aromatic N) is 2. The highest BCUT2D eigenvalue weighted by molar-refractivity contribution is 8.00. The molecule has 1 heterocycles. The molecular weight excluding hydrogens is 314 g/mol. The minimum atomic E-state index is -0.179. The number of methoxy groups -OCH3 is 1. The summed E-state index contributed by atoms with van der Waals surface area (Å²) in [4.78, 5) is 14.6. The zero-order chi connectivity index (χ0) is 16.7. The monoisotopic (exact) mass is 333 g/mol. The second kappa shape index (κ2) is 8.28. The van der Waals surface area contributed by atoms with Gasteiger partial charge in [-0.05, 0) is 30.3 Å². The SMILES string of the molecule is COc1ccc(SCC(=O)N/N=C/c2ccc(N(C)C)o2)cc1. The van der Waals surface area contributed by atoms with Gasteiger partial charge in [0, 0.05) is 25.1 Å². The van der Waals surface area contributed by atoms with Gasteiger partial charge in [0.15, 0.2) is 5.88 Å². The van der Waals surface area contributed by atoms with Crippen LogP contribution in [0.15, 0.2) is 50.8 Å². The van der Waals surface area contributed by atoms with Crippen LogP contribution in [0.1, 0.15) is 5.76 Å². The normalized spacial score (nSPS) is 10.7. The average molecular weight is 333 g/mol. The van der Waals surface area contributed by atoms with Crippen molar-refractivity contribution in [1.82, 2.24) is 5.43 Å². The Labute approximate surface area is 139 Å². The molecule has 0 aliphatic rings. The van der Waals surface area contributed by atoms with Gasteiger partial charge in [0.2, 0.25) is 5.91 Å². The minimum absolute atomic E-state index is 0.179. The number of hydrogen-bond donors (Lipinski definition) is 1. The standard InChI is InChI=1S/C16H19N3O3S/c1-19(2)16-9-6-13(22-16)10-17-18-15(20)11-23-14-7-4-12(21-3)5-8-14/h4-10H,11H2,1-3H3,(H,18,20)/b17-10+.